The van der Waals surface area contributed by atoms with Crippen molar-refractivity contribution in [2.45, 2.75) is 152 Å². The summed E-state index contributed by atoms with van der Waals surface area (Å²) in [4.78, 5) is 52.3. The van der Waals surface area contributed by atoms with Crippen LogP contribution in [0.1, 0.15) is 152 Å². The van der Waals surface area contributed by atoms with Gasteiger partial charge in [0.2, 0.25) is 0 Å². The molecule has 9 heteroatoms. The number of carbonyl (C=O) groups excluding carboxylic acids is 3. The summed E-state index contributed by atoms with van der Waals surface area (Å²) in [6.45, 7) is 17.1. The molecule has 0 aromatic carbocycles. The monoisotopic (exact) mass is 604 g/mol. The van der Waals surface area contributed by atoms with Crippen LogP contribution in [0.25, 0.3) is 11.1 Å². The third-order valence-electron chi connectivity index (χ3n) is 8.97. The topological polar surface area (TPSA) is 142 Å². The molecule has 9 nitrogen and oxygen atoms in total. The van der Waals surface area contributed by atoms with E-state index in [1.165, 1.54) is 44.9 Å². The Hall–Kier alpha value is -2.63. The molecule has 0 spiro atoms. The van der Waals surface area contributed by atoms with Crippen molar-refractivity contribution in [1.82, 2.24) is 0 Å². The summed E-state index contributed by atoms with van der Waals surface area (Å²) >= 11 is 0. The standard InChI is InChI=1S/C34H60N4O5/c1-9-24(3)15-11-17-26(5)19-13-21-28(7)23-30(37-35)33(40)42-43-34(41)31(38-36)32(39)29(8)22-14-20-27(6)18-12-16-25(4)10-2/h24-29H,9-23H2,1-8H3. The van der Waals surface area contributed by atoms with Crippen LogP contribution < -0.4 is 0 Å². The van der Waals surface area contributed by atoms with Gasteiger partial charge in [0.1, 0.15) is 0 Å². The second-order valence-electron chi connectivity index (χ2n) is 13.3. The van der Waals surface area contributed by atoms with Gasteiger partial charge in [0.05, 0.1) is 6.42 Å². The van der Waals surface area contributed by atoms with E-state index >= 15 is 0 Å². The smallest absolute Gasteiger partial charge is 0.361 e. The molecule has 0 saturated carbocycles. The van der Waals surface area contributed by atoms with Gasteiger partial charge in [0.15, 0.2) is 0 Å². The van der Waals surface area contributed by atoms with E-state index in [9.17, 15) is 25.4 Å². The van der Waals surface area contributed by atoms with E-state index in [-0.39, 0.29) is 18.1 Å². The van der Waals surface area contributed by atoms with Crippen LogP contribution in [-0.4, -0.2) is 38.7 Å². The van der Waals surface area contributed by atoms with Crippen molar-refractivity contribution in [1.29, 1.82) is 0 Å². The van der Waals surface area contributed by atoms with Gasteiger partial charge < -0.3 is 11.1 Å². The Labute approximate surface area is 261 Å². The molecule has 43 heavy (non-hydrogen) atoms. The maximum absolute atomic E-state index is 12.7. The average Bonchev–Trinajstić information content (AvgIpc) is 2.98. The van der Waals surface area contributed by atoms with E-state index < -0.39 is 29.4 Å². The highest BCUT2D eigenvalue weighted by molar-refractivity contribution is 6.62. The van der Waals surface area contributed by atoms with Gasteiger partial charge in [-0.15, -0.1) is 0 Å². The SMILES string of the molecule is CCC(C)CCCC(C)CCCC(C)CC(=[N+]=[N-])C(=O)OOC(=O)C(=[N+]=[N-])C(=O)C(C)CCCC(C)CCCC(C)CC. The van der Waals surface area contributed by atoms with Crippen molar-refractivity contribution in [3.63, 3.8) is 0 Å². The van der Waals surface area contributed by atoms with Crippen LogP contribution in [0.3, 0.4) is 0 Å². The maximum atomic E-state index is 12.7. The molecular weight excluding hydrogens is 544 g/mol. The number of Topliss-reactive ketones (excluding diaryl/α,β-unsaturated/α-hetero) is 1. The molecule has 246 valence electrons. The first-order valence-corrected chi connectivity index (χ1v) is 16.8. The molecule has 0 aliphatic heterocycles. The predicted molar refractivity (Wildman–Crippen MR) is 170 cm³/mol. The summed E-state index contributed by atoms with van der Waals surface area (Å²) in [7, 11) is 0. The second kappa shape index (κ2) is 23.8. The number of hydrogen-bond acceptors (Lipinski definition) is 5. The van der Waals surface area contributed by atoms with Crippen LogP contribution >= 0.6 is 0 Å². The van der Waals surface area contributed by atoms with Crippen LogP contribution in [0, 0.1) is 35.5 Å². The Balaban J connectivity index is 4.55. The third-order valence-corrected chi connectivity index (χ3v) is 8.97. The van der Waals surface area contributed by atoms with E-state index in [2.05, 4.69) is 60.9 Å². The van der Waals surface area contributed by atoms with Gasteiger partial charge in [-0.1, -0.05) is 139 Å². The zero-order chi connectivity index (χ0) is 32.8. The van der Waals surface area contributed by atoms with Gasteiger partial charge in [0, 0.05) is 5.92 Å². The lowest BCUT2D eigenvalue weighted by Gasteiger charge is -2.14. The van der Waals surface area contributed by atoms with E-state index in [1.54, 1.807) is 6.92 Å². The van der Waals surface area contributed by atoms with Crippen molar-refractivity contribution in [3.05, 3.63) is 11.1 Å². The van der Waals surface area contributed by atoms with Gasteiger partial charge >= 0.3 is 23.4 Å². The third kappa shape index (κ3) is 18.6. The Bertz CT molecular complexity index is 939. The van der Waals surface area contributed by atoms with Gasteiger partial charge in [-0.05, 0) is 36.0 Å². The number of nitrogens with zero attached hydrogens (tertiary/aromatic N) is 4. The number of carbonyl (C=O) groups is 3. The molecule has 0 heterocycles. The molecule has 6 atom stereocenters. The summed E-state index contributed by atoms with van der Waals surface area (Å²) in [5.41, 5.74) is 17.5. The highest BCUT2D eigenvalue weighted by Crippen LogP contribution is 2.22. The Morgan fingerprint density at radius 3 is 1.37 bits per heavy atom. The number of ketones is 1. The molecule has 0 aliphatic carbocycles. The fourth-order valence-corrected chi connectivity index (χ4v) is 5.23. The quantitative estimate of drug-likeness (QED) is 0.0271. The van der Waals surface area contributed by atoms with E-state index in [0.29, 0.717) is 18.3 Å². The minimum absolute atomic E-state index is 0.0427. The molecule has 0 aliphatic rings. The second-order valence-corrected chi connectivity index (χ2v) is 13.3. The van der Waals surface area contributed by atoms with E-state index in [4.69, 9.17) is 0 Å². The first-order chi connectivity index (χ1) is 20.4. The largest absolute Gasteiger partial charge is 0.470 e. The molecular formula is C34H60N4O5. The summed E-state index contributed by atoms with van der Waals surface area (Å²) < 4.78 is 0. The summed E-state index contributed by atoms with van der Waals surface area (Å²) in [6, 6.07) is 0. The molecule has 0 fully saturated rings. The molecule has 0 bridgehead atoms. The van der Waals surface area contributed by atoms with Gasteiger partial charge in [0.25, 0.3) is 5.78 Å². The fourth-order valence-electron chi connectivity index (χ4n) is 5.23. The summed E-state index contributed by atoms with van der Waals surface area (Å²) in [5.74, 6) is -1.05. The molecule has 0 saturated heterocycles. The molecule has 0 rings (SSSR count). The van der Waals surface area contributed by atoms with Crippen LogP contribution in [0.5, 0.6) is 0 Å². The first-order valence-electron chi connectivity index (χ1n) is 16.8. The highest BCUT2D eigenvalue weighted by atomic mass is 17.2. The van der Waals surface area contributed by atoms with Crippen LogP contribution in [0.2, 0.25) is 0 Å². The lowest BCUT2D eigenvalue weighted by atomic mass is 9.91. The Morgan fingerprint density at radius 2 is 0.953 bits per heavy atom. The zero-order valence-corrected chi connectivity index (χ0v) is 28.4. The summed E-state index contributed by atoms with van der Waals surface area (Å²) in [6.07, 6.45) is 15.0. The maximum Gasteiger partial charge on any atom is 0.470 e. The van der Waals surface area contributed by atoms with E-state index in [0.717, 1.165) is 50.4 Å². The number of rotatable bonds is 24. The predicted octanol–water partition coefficient (Wildman–Crippen LogP) is 8.61. The van der Waals surface area contributed by atoms with Crippen LogP contribution in [0.4, 0.5) is 0 Å². The molecule has 0 radical (unpaired) electrons. The van der Waals surface area contributed by atoms with Crippen molar-refractivity contribution in [2.75, 3.05) is 0 Å². The first kappa shape index (κ1) is 40.4. The van der Waals surface area contributed by atoms with Gasteiger partial charge in [-0.3, -0.25) is 4.79 Å². The van der Waals surface area contributed by atoms with Crippen molar-refractivity contribution < 1.29 is 33.7 Å². The summed E-state index contributed by atoms with van der Waals surface area (Å²) in [5, 5.41) is 0. The van der Waals surface area contributed by atoms with Crippen molar-refractivity contribution in [2.24, 2.45) is 35.5 Å². The fraction of sp³-hybridized carbons (Fsp3) is 0.853. The highest BCUT2D eigenvalue weighted by Gasteiger charge is 2.37. The normalized spacial score (nSPS) is 15.2. The van der Waals surface area contributed by atoms with Crippen LogP contribution in [-0.2, 0) is 24.2 Å². The Kier molecular flexibility index (Phi) is 22.3. The molecule has 0 amide bonds. The van der Waals surface area contributed by atoms with Gasteiger partial charge in [-0.25, -0.2) is 19.4 Å². The lowest BCUT2D eigenvalue weighted by Crippen LogP contribution is -2.33. The molecule has 0 N–H and O–H groups in total. The van der Waals surface area contributed by atoms with Crippen molar-refractivity contribution >= 4 is 29.1 Å². The minimum Gasteiger partial charge on any atom is -0.361 e. The lowest BCUT2D eigenvalue weighted by molar-refractivity contribution is -0.251. The van der Waals surface area contributed by atoms with Crippen molar-refractivity contribution in [3.8, 4) is 0 Å². The average molecular weight is 605 g/mol. The molecule has 0 aromatic rings. The van der Waals surface area contributed by atoms with Gasteiger partial charge in [-0.2, -0.15) is 9.58 Å². The van der Waals surface area contributed by atoms with E-state index in [1.807, 2.05) is 6.92 Å². The van der Waals surface area contributed by atoms with Crippen LogP contribution in [0.15, 0.2) is 0 Å². The Morgan fingerprint density at radius 1 is 0.558 bits per heavy atom. The molecule has 6 unspecified atom stereocenters. The molecule has 0 aromatic heterocycles. The number of hydrogen-bond donors (Lipinski definition) is 0. The minimum atomic E-state index is -1.38. The zero-order valence-electron chi connectivity index (χ0n) is 28.4.